The summed E-state index contributed by atoms with van der Waals surface area (Å²) in [7, 11) is 0. The van der Waals surface area contributed by atoms with Crippen LogP contribution in [0.4, 0.5) is 4.39 Å². The quantitative estimate of drug-likeness (QED) is 0.763. The molecule has 1 aromatic heterocycles. The van der Waals surface area contributed by atoms with E-state index < -0.39 is 5.82 Å². The minimum Gasteiger partial charge on any atom is -0.272 e. The molecule has 156 valence electrons. The maximum absolute atomic E-state index is 13.9. The summed E-state index contributed by atoms with van der Waals surface area (Å²) in [5.41, 5.74) is 2.01. The van der Waals surface area contributed by atoms with E-state index in [9.17, 15) is 9.18 Å². The summed E-state index contributed by atoms with van der Waals surface area (Å²) < 4.78 is 13.9. The number of hydroxylamine groups is 2. The molecule has 1 atom stereocenters. The van der Waals surface area contributed by atoms with Gasteiger partial charge in [0, 0.05) is 24.7 Å². The molecule has 30 heavy (non-hydrogen) atoms. The Morgan fingerprint density at radius 3 is 2.63 bits per heavy atom. The van der Waals surface area contributed by atoms with Gasteiger partial charge in [-0.25, -0.2) is 19.4 Å². The summed E-state index contributed by atoms with van der Waals surface area (Å²) in [4.78, 5) is 27.3. The highest BCUT2D eigenvalue weighted by molar-refractivity contribution is 5.78. The van der Waals surface area contributed by atoms with E-state index in [0.717, 1.165) is 43.5 Å². The number of nitrogens with zero attached hydrogens (tertiary/aromatic N) is 4. The van der Waals surface area contributed by atoms with E-state index in [-0.39, 0.29) is 23.4 Å². The monoisotopic (exact) mass is 408 g/mol. The van der Waals surface area contributed by atoms with Crippen molar-refractivity contribution in [1.29, 1.82) is 5.26 Å². The molecule has 6 nitrogen and oxygen atoms in total. The fourth-order valence-electron chi connectivity index (χ4n) is 4.51. The number of halogens is 1. The Kier molecular flexibility index (Phi) is 6.05. The second-order valence-electron chi connectivity index (χ2n) is 8.25. The molecule has 2 aromatic rings. The Labute approximate surface area is 175 Å². The number of carbonyl (C=O) groups is 1. The lowest BCUT2D eigenvalue weighted by molar-refractivity contribution is -0.183. The molecule has 1 saturated heterocycles. The van der Waals surface area contributed by atoms with Gasteiger partial charge >= 0.3 is 0 Å². The van der Waals surface area contributed by atoms with Gasteiger partial charge in [-0.15, -0.1) is 0 Å². The molecule has 0 unspecified atom stereocenters. The molecule has 1 aromatic carbocycles. The van der Waals surface area contributed by atoms with Crippen LogP contribution in [-0.2, 0) is 16.1 Å². The number of aryl methyl sites for hydroxylation is 1. The van der Waals surface area contributed by atoms with Crippen LogP contribution in [-0.4, -0.2) is 27.5 Å². The zero-order chi connectivity index (χ0) is 21.1. The number of hydrogen-bond acceptors (Lipinski definition) is 5. The molecular weight excluding hydrogens is 383 g/mol. The Morgan fingerprint density at radius 2 is 1.93 bits per heavy atom. The number of amides is 1. The first-order chi connectivity index (χ1) is 14.5. The molecule has 1 amide bonds. The number of benzene rings is 1. The molecule has 1 aliphatic carbocycles. The van der Waals surface area contributed by atoms with Crippen LogP contribution in [0.25, 0.3) is 0 Å². The van der Waals surface area contributed by atoms with Crippen LogP contribution in [0.3, 0.4) is 0 Å². The van der Waals surface area contributed by atoms with E-state index in [4.69, 9.17) is 10.1 Å². The predicted molar refractivity (Wildman–Crippen MR) is 107 cm³/mol. The number of nitriles is 1. The largest absolute Gasteiger partial charge is 0.272 e. The third-order valence-electron chi connectivity index (χ3n) is 6.11. The van der Waals surface area contributed by atoms with Gasteiger partial charge in [-0.2, -0.15) is 5.26 Å². The topological polar surface area (TPSA) is 79.1 Å². The third-order valence-corrected chi connectivity index (χ3v) is 6.11. The van der Waals surface area contributed by atoms with Gasteiger partial charge in [0.1, 0.15) is 11.6 Å². The van der Waals surface area contributed by atoms with E-state index in [1.54, 1.807) is 6.07 Å². The maximum atomic E-state index is 13.9. The molecule has 1 aliphatic heterocycles. The SMILES string of the molecule is Cc1ncc(C[C@H]2CC[C@H](C(=O)N3OCC[C@H]3c3cc(F)cc(C#N)c3)CC2)cn1. The molecule has 2 aliphatic rings. The Hall–Kier alpha value is -2.85. The number of rotatable bonds is 4. The normalized spacial score (nSPS) is 23.9. The van der Waals surface area contributed by atoms with Crippen LogP contribution in [0, 0.1) is 35.9 Å². The molecule has 4 rings (SSSR count). The van der Waals surface area contributed by atoms with Crippen molar-refractivity contribution in [2.75, 3.05) is 6.61 Å². The zero-order valence-electron chi connectivity index (χ0n) is 17.1. The number of carbonyl (C=O) groups excluding carboxylic acids is 1. The van der Waals surface area contributed by atoms with Gasteiger partial charge in [0.2, 0.25) is 5.91 Å². The molecule has 0 bridgehead atoms. The van der Waals surface area contributed by atoms with Crippen molar-refractivity contribution in [3.63, 3.8) is 0 Å². The van der Waals surface area contributed by atoms with Crippen molar-refractivity contribution in [3.8, 4) is 6.07 Å². The van der Waals surface area contributed by atoms with E-state index in [2.05, 4.69) is 9.97 Å². The lowest BCUT2D eigenvalue weighted by Crippen LogP contribution is -2.36. The van der Waals surface area contributed by atoms with Crippen LogP contribution in [0.1, 0.15) is 60.7 Å². The molecule has 0 radical (unpaired) electrons. The summed E-state index contributed by atoms with van der Waals surface area (Å²) in [5, 5.41) is 10.5. The summed E-state index contributed by atoms with van der Waals surface area (Å²) in [6.45, 7) is 2.29. The van der Waals surface area contributed by atoms with Crippen LogP contribution in [0.15, 0.2) is 30.6 Å². The van der Waals surface area contributed by atoms with E-state index in [1.807, 2.05) is 25.4 Å². The Balaban J connectivity index is 1.38. The molecule has 1 saturated carbocycles. The highest BCUT2D eigenvalue weighted by Crippen LogP contribution is 2.37. The second kappa shape index (κ2) is 8.88. The maximum Gasteiger partial charge on any atom is 0.249 e. The number of hydrogen-bond donors (Lipinski definition) is 0. The van der Waals surface area contributed by atoms with Gasteiger partial charge in [0.15, 0.2) is 0 Å². The van der Waals surface area contributed by atoms with Gasteiger partial charge < -0.3 is 0 Å². The first kappa shape index (κ1) is 20.4. The van der Waals surface area contributed by atoms with Gasteiger partial charge in [-0.05, 0) is 74.3 Å². The van der Waals surface area contributed by atoms with Crippen molar-refractivity contribution in [2.45, 2.75) is 51.5 Å². The minimum atomic E-state index is -0.469. The fourth-order valence-corrected chi connectivity index (χ4v) is 4.51. The van der Waals surface area contributed by atoms with Crippen LogP contribution in [0.2, 0.25) is 0 Å². The standard InChI is InChI=1S/C23H25FN4O2/c1-15-26-13-18(14-27-15)8-16-2-4-19(5-3-16)23(29)28-22(6-7-30-28)20-9-17(12-25)10-21(24)11-20/h9-11,13-14,16,19,22H,2-8H2,1H3/t16-,19-,22-/m0/s1. The zero-order valence-corrected chi connectivity index (χ0v) is 17.1. The van der Waals surface area contributed by atoms with Gasteiger partial charge in [-0.3, -0.25) is 9.63 Å². The molecule has 2 heterocycles. The molecule has 0 N–H and O–H groups in total. The molecule has 0 spiro atoms. The number of aromatic nitrogens is 2. The Morgan fingerprint density at radius 1 is 1.20 bits per heavy atom. The van der Waals surface area contributed by atoms with Crippen molar-refractivity contribution in [2.24, 2.45) is 11.8 Å². The summed E-state index contributed by atoms with van der Waals surface area (Å²) in [6.07, 6.45) is 8.88. The first-order valence-electron chi connectivity index (χ1n) is 10.5. The van der Waals surface area contributed by atoms with Crippen LogP contribution < -0.4 is 0 Å². The molecule has 2 fully saturated rings. The van der Waals surface area contributed by atoms with Gasteiger partial charge in [0.05, 0.1) is 24.3 Å². The van der Waals surface area contributed by atoms with Crippen molar-refractivity contribution in [1.82, 2.24) is 15.0 Å². The summed E-state index contributed by atoms with van der Waals surface area (Å²) >= 11 is 0. The van der Waals surface area contributed by atoms with Crippen molar-refractivity contribution in [3.05, 3.63) is 58.9 Å². The fraction of sp³-hybridized carbons (Fsp3) is 0.478. The predicted octanol–water partition coefficient (Wildman–Crippen LogP) is 4.05. The highest BCUT2D eigenvalue weighted by Gasteiger charge is 2.37. The summed E-state index contributed by atoms with van der Waals surface area (Å²) in [6, 6.07) is 5.86. The average Bonchev–Trinajstić information content (AvgIpc) is 3.25. The van der Waals surface area contributed by atoms with Crippen molar-refractivity contribution < 1.29 is 14.0 Å². The van der Waals surface area contributed by atoms with Crippen molar-refractivity contribution >= 4 is 5.91 Å². The van der Waals surface area contributed by atoms with Crippen LogP contribution in [0.5, 0.6) is 0 Å². The van der Waals surface area contributed by atoms with E-state index in [0.29, 0.717) is 24.5 Å². The average molecular weight is 408 g/mol. The lowest BCUT2D eigenvalue weighted by atomic mass is 9.79. The highest BCUT2D eigenvalue weighted by atomic mass is 19.1. The van der Waals surface area contributed by atoms with E-state index >= 15 is 0 Å². The lowest BCUT2D eigenvalue weighted by Gasteiger charge is -2.32. The van der Waals surface area contributed by atoms with Gasteiger partial charge in [-0.1, -0.05) is 0 Å². The first-order valence-corrected chi connectivity index (χ1v) is 10.5. The summed E-state index contributed by atoms with van der Waals surface area (Å²) in [5.74, 6) is 0.715. The molecular formula is C23H25FN4O2. The smallest absolute Gasteiger partial charge is 0.249 e. The Bertz CT molecular complexity index is 949. The van der Waals surface area contributed by atoms with E-state index in [1.165, 1.54) is 17.2 Å². The van der Waals surface area contributed by atoms with Gasteiger partial charge in [0.25, 0.3) is 0 Å². The second-order valence-corrected chi connectivity index (χ2v) is 8.25. The van der Waals surface area contributed by atoms with Crippen LogP contribution >= 0.6 is 0 Å². The third kappa shape index (κ3) is 4.49. The minimum absolute atomic E-state index is 0.0302. The molecule has 7 heteroatoms.